The van der Waals surface area contributed by atoms with E-state index >= 15 is 0 Å². The summed E-state index contributed by atoms with van der Waals surface area (Å²) in [6, 6.07) is 7.83. The Labute approximate surface area is 113 Å². The van der Waals surface area contributed by atoms with Crippen molar-refractivity contribution in [3.8, 4) is 5.75 Å². The van der Waals surface area contributed by atoms with Crippen LogP contribution in [-0.4, -0.2) is 10.9 Å². The molecule has 0 fully saturated rings. The summed E-state index contributed by atoms with van der Waals surface area (Å²) in [5.74, 6) is 0.867. The van der Waals surface area contributed by atoms with Gasteiger partial charge >= 0.3 is 0 Å². The van der Waals surface area contributed by atoms with Gasteiger partial charge in [-0.15, -0.1) is 0 Å². The first-order chi connectivity index (χ1) is 9.08. The molecule has 98 valence electrons. The van der Waals surface area contributed by atoms with Crippen LogP contribution in [0.3, 0.4) is 0 Å². The highest BCUT2D eigenvalue weighted by molar-refractivity contribution is 6.04. The van der Waals surface area contributed by atoms with Crippen molar-refractivity contribution in [3.63, 3.8) is 0 Å². The topological polar surface area (TPSA) is 37.3 Å². The number of phenolic OH excluding ortho intramolecular Hbond substituents is 1. The van der Waals surface area contributed by atoms with Gasteiger partial charge in [-0.2, -0.15) is 0 Å². The minimum atomic E-state index is 0.232. The number of rotatable bonds is 1. The van der Waals surface area contributed by atoms with Crippen LogP contribution in [0, 0.1) is 0 Å². The van der Waals surface area contributed by atoms with E-state index < -0.39 is 0 Å². The molecule has 1 N–H and O–H groups in total. The lowest BCUT2D eigenvalue weighted by atomic mass is 9.85. The molecule has 1 aliphatic carbocycles. The third-order valence-electron chi connectivity index (χ3n) is 4.03. The Balaban J connectivity index is 2.30. The predicted molar refractivity (Wildman–Crippen MR) is 77.0 cm³/mol. The second kappa shape index (κ2) is 4.37. The standard InChI is InChI=1S/C17H18O2/c1-10(2)14-8-11-6-7-13-12(4-3-5-16(13)18)15(11)9-17(14)19/h6-10,19H,3-5H2,1-2H3. The first kappa shape index (κ1) is 12.2. The average Bonchev–Trinajstić information content (AvgIpc) is 2.38. The largest absolute Gasteiger partial charge is 0.508 e. The fourth-order valence-corrected chi connectivity index (χ4v) is 2.99. The summed E-state index contributed by atoms with van der Waals surface area (Å²) in [7, 11) is 0. The van der Waals surface area contributed by atoms with Crippen molar-refractivity contribution < 1.29 is 9.90 Å². The summed E-state index contributed by atoms with van der Waals surface area (Å²) < 4.78 is 0. The molecular weight excluding hydrogens is 236 g/mol. The summed E-state index contributed by atoms with van der Waals surface area (Å²) >= 11 is 0. The Morgan fingerprint density at radius 2 is 1.95 bits per heavy atom. The number of carbonyl (C=O) groups excluding carboxylic acids is 1. The van der Waals surface area contributed by atoms with Gasteiger partial charge in [0.15, 0.2) is 5.78 Å². The third-order valence-corrected chi connectivity index (χ3v) is 4.03. The van der Waals surface area contributed by atoms with Crippen LogP contribution in [0.1, 0.15) is 54.1 Å². The van der Waals surface area contributed by atoms with Crippen LogP contribution in [0.15, 0.2) is 24.3 Å². The van der Waals surface area contributed by atoms with Crippen LogP contribution in [0.2, 0.25) is 0 Å². The maximum absolute atomic E-state index is 11.9. The monoisotopic (exact) mass is 254 g/mol. The lowest BCUT2D eigenvalue weighted by Gasteiger charge is -2.18. The zero-order valence-electron chi connectivity index (χ0n) is 11.4. The molecule has 0 spiro atoms. The fraction of sp³-hybridized carbons (Fsp3) is 0.353. The van der Waals surface area contributed by atoms with Crippen LogP contribution in [0.4, 0.5) is 0 Å². The van der Waals surface area contributed by atoms with Crippen molar-refractivity contribution in [1.29, 1.82) is 0 Å². The van der Waals surface area contributed by atoms with E-state index in [1.165, 1.54) is 0 Å². The summed E-state index contributed by atoms with van der Waals surface area (Å²) in [6.45, 7) is 4.14. The Hall–Kier alpha value is -1.83. The molecule has 0 saturated carbocycles. The maximum atomic E-state index is 11.9. The number of fused-ring (bicyclic) bond motifs is 3. The minimum absolute atomic E-state index is 0.232. The highest BCUT2D eigenvalue weighted by atomic mass is 16.3. The van der Waals surface area contributed by atoms with Crippen LogP contribution in [0.25, 0.3) is 10.8 Å². The second-order valence-electron chi connectivity index (χ2n) is 5.66. The molecule has 0 atom stereocenters. The van der Waals surface area contributed by atoms with Crippen molar-refractivity contribution in [3.05, 3.63) is 41.0 Å². The molecule has 0 radical (unpaired) electrons. The molecule has 3 rings (SSSR count). The van der Waals surface area contributed by atoms with E-state index in [9.17, 15) is 9.90 Å². The van der Waals surface area contributed by atoms with Crippen molar-refractivity contribution in [1.82, 2.24) is 0 Å². The van der Waals surface area contributed by atoms with Crippen LogP contribution >= 0.6 is 0 Å². The highest BCUT2D eigenvalue weighted by Crippen LogP contribution is 2.35. The Morgan fingerprint density at radius 3 is 2.68 bits per heavy atom. The Morgan fingerprint density at radius 1 is 1.16 bits per heavy atom. The van der Waals surface area contributed by atoms with Gasteiger partial charge < -0.3 is 5.11 Å². The number of benzene rings is 2. The first-order valence-electron chi connectivity index (χ1n) is 6.89. The number of aryl methyl sites for hydroxylation is 1. The Kier molecular flexibility index (Phi) is 2.81. The van der Waals surface area contributed by atoms with Gasteiger partial charge in [0.2, 0.25) is 0 Å². The zero-order valence-corrected chi connectivity index (χ0v) is 11.4. The zero-order chi connectivity index (χ0) is 13.6. The SMILES string of the molecule is CC(C)c1cc2ccc3c(c2cc1O)CCCC3=O. The molecule has 2 aromatic carbocycles. The number of aromatic hydroxyl groups is 1. The van der Waals surface area contributed by atoms with Gasteiger partial charge in [-0.3, -0.25) is 4.79 Å². The van der Waals surface area contributed by atoms with E-state index in [0.717, 1.165) is 40.3 Å². The molecule has 0 amide bonds. The molecule has 0 unspecified atom stereocenters. The summed E-state index contributed by atoms with van der Waals surface area (Å²) in [4.78, 5) is 11.9. The van der Waals surface area contributed by atoms with Gasteiger partial charge in [0.05, 0.1) is 0 Å². The molecule has 0 saturated heterocycles. The van der Waals surface area contributed by atoms with E-state index in [4.69, 9.17) is 0 Å². The van der Waals surface area contributed by atoms with E-state index in [1.807, 2.05) is 18.2 Å². The van der Waals surface area contributed by atoms with Gasteiger partial charge in [0, 0.05) is 12.0 Å². The molecular formula is C17H18O2. The number of carbonyl (C=O) groups is 1. The van der Waals surface area contributed by atoms with E-state index in [0.29, 0.717) is 18.1 Å². The molecule has 0 aliphatic heterocycles. The molecule has 2 nitrogen and oxygen atoms in total. The average molecular weight is 254 g/mol. The Bertz CT molecular complexity index is 669. The molecule has 1 aliphatic rings. The number of ketones is 1. The van der Waals surface area contributed by atoms with Gasteiger partial charge in [-0.25, -0.2) is 0 Å². The van der Waals surface area contributed by atoms with Crippen molar-refractivity contribution in [2.75, 3.05) is 0 Å². The van der Waals surface area contributed by atoms with Crippen molar-refractivity contribution in [2.24, 2.45) is 0 Å². The third kappa shape index (κ3) is 1.92. The first-order valence-corrected chi connectivity index (χ1v) is 6.89. The summed E-state index contributed by atoms with van der Waals surface area (Å²) in [5, 5.41) is 12.3. The molecule has 0 heterocycles. The molecule has 0 aromatic heterocycles. The lowest BCUT2D eigenvalue weighted by Crippen LogP contribution is -2.11. The maximum Gasteiger partial charge on any atom is 0.163 e. The minimum Gasteiger partial charge on any atom is -0.508 e. The van der Waals surface area contributed by atoms with E-state index in [2.05, 4.69) is 19.9 Å². The van der Waals surface area contributed by atoms with Gasteiger partial charge in [0.25, 0.3) is 0 Å². The number of hydrogen-bond acceptors (Lipinski definition) is 2. The second-order valence-corrected chi connectivity index (χ2v) is 5.66. The summed E-state index contributed by atoms with van der Waals surface area (Å²) in [5.41, 5.74) is 2.92. The lowest BCUT2D eigenvalue weighted by molar-refractivity contribution is 0.0973. The van der Waals surface area contributed by atoms with Crippen LogP contribution in [0.5, 0.6) is 5.75 Å². The fourth-order valence-electron chi connectivity index (χ4n) is 2.99. The number of phenols is 1. The number of hydrogen-bond donors (Lipinski definition) is 1. The highest BCUT2D eigenvalue weighted by Gasteiger charge is 2.20. The number of Topliss-reactive ketones (excluding diaryl/α,β-unsaturated/α-hetero) is 1. The van der Waals surface area contributed by atoms with Crippen molar-refractivity contribution in [2.45, 2.75) is 39.0 Å². The predicted octanol–water partition coefficient (Wildman–Crippen LogP) is 4.19. The quantitative estimate of drug-likeness (QED) is 0.828. The van der Waals surface area contributed by atoms with E-state index in [-0.39, 0.29) is 5.78 Å². The normalized spacial score (nSPS) is 15.0. The van der Waals surface area contributed by atoms with Gasteiger partial charge in [-0.1, -0.05) is 26.0 Å². The van der Waals surface area contributed by atoms with Gasteiger partial charge in [-0.05, 0) is 52.8 Å². The molecule has 19 heavy (non-hydrogen) atoms. The summed E-state index contributed by atoms with van der Waals surface area (Å²) in [6.07, 6.45) is 2.49. The van der Waals surface area contributed by atoms with Crippen LogP contribution < -0.4 is 0 Å². The van der Waals surface area contributed by atoms with Crippen molar-refractivity contribution >= 4 is 16.6 Å². The molecule has 2 aromatic rings. The van der Waals surface area contributed by atoms with E-state index in [1.54, 1.807) is 0 Å². The van der Waals surface area contributed by atoms with Gasteiger partial charge in [0.1, 0.15) is 5.75 Å². The molecule has 2 heteroatoms. The van der Waals surface area contributed by atoms with Crippen LogP contribution in [-0.2, 0) is 6.42 Å². The molecule has 0 bridgehead atoms. The smallest absolute Gasteiger partial charge is 0.163 e.